The molecule has 0 aliphatic carbocycles. The SMILES string of the molecule is Nc1ncnc2c1c(-c1ccc(Oc3c(F)c(F)cc(F)c3F)cc1F)nn2[C@@H]1CCN(C(=O)C=Cc2ccccc2F)C1. The van der Waals surface area contributed by atoms with Crippen LogP contribution in [-0.2, 0) is 4.79 Å². The summed E-state index contributed by atoms with van der Waals surface area (Å²) < 4.78 is 91.1. The summed E-state index contributed by atoms with van der Waals surface area (Å²) in [5.74, 6) is -10.5. The number of benzene rings is 3. The molecule has 2 aromatic heterocycles. The number of carbonyl (C=O) groups is 1. The van der Waals surface area contributed by atoms with Crippen molar-refractivity contribution in [3.8, 4) is 22.8 Å². The largest absolute Gasteiger partial charge is 0.451 e. The van der Waals surface area contributed by atoms with Crippen LogP contribution in [0.1, 0.15) is 18.0 Å². The third kappa shape index (κ3) is 5.18. The Balaban J connectivity index is 1.29. The van der Waals surface area contributed by atoms with E-state index >= 15 is 4.39 Å². The van der Waals surface area contributed by atoms with Gasteiger partial charge in [0.05, 0.1) is 11.4 Å². The van der Waals surface area contributed by atoms with E-state index < -0.39 is 46.4 Å². The van der Waals surface area contributed by atoms with Crippen LogP contribution >= 0.6 is 0 Å². The molecule has 3 heterocycles. The molecule has 0 saturated carbocycles. The Morgan fingerprint density at radius 2 is 1.68 bits per heavy atom. The zero-order valence-electron chi connectivity index (χ0n) is 22.4. The van der Waals surface area contributed by atoms with Gasteiger partial charge in [-0.15, -0.1) is 0 Å². The van der Waals surface area contributed by atoms with E-state index in [4.69, 9.17) is 10.5 Å². The molecule has 8 nitrogen and oxygen atoms in total. The molecule has 5 aromatic rings. The van der Waals surface area contributed by atoms with Crippen molar-refractivity contribution in [1.82, 2.24) is 24.6 Å². The van der Waals surface area contributed by atoms with Crippen molar-refractivity contribution in [2.75, 3.05) is 18.8 Å². The van der Waals surface area contributed by atoms with Crippen LogP contribution in [0.3, 0.4) is 0 Å². The zero-order valence-corrected chi connectivity index (χ0v) is 22.4. The van der Waals surface area contributed by atoms with Crippen LogP contribution in [0.25, 0.3) is 28.4 Å². The molecule has 1 fully saturated rings. The first-order valence-corrected chi connectivity index (χ1v) is 13.1. The summed E-state index contributed by atoms with van der Waals surface area (Å²) in [6, 6.07) is 8.76. The molecule has 3 aromatic carbocycles. The first-order valence-electron chi connectivity index (χ1n) is 13.1. The van der Waals surface area contributed by atoms with Gasteiger partial charge in [0.1, 0.15) is 35.2 Å². The second-order valence-corrected chi connectivity index (χ2v) is 9.87. The number of aromatic nitrogens is 4. The molecule has 1 saturated heterocycles. The molecule has 1 atom stereocenters. The second kappa shape index (κ2) is 11.4. The molecule has 0 spiro atoms. The number of halogens is 6. The number of likely N-dealkylation sites (tertiary alicyclic amines) is 1. The van der Waals surface area contributed by atoms with Gasteiger partial charge < -0.3 is 15.4 Å². The van der Waals surface area contributed by atoms with Crippen LogP contribution in [0.2, 0.25) is 0 Å². The average molecular weight is 611 g/mol. The standard InChI is InChI=1S/C30H20F6N6O2/c31-19-4-2-1-3-15(19)5-8-23(43)41-10-9-16(13-41)42-30-24(29(37)38-14-39-30)27(40-42)18-7-6-17(11-20(18)32)44-28-25(35)21(33)12-22(34)26(28)36/h1-8,11-12,14,16H,9-10,13H2,(H2,37,38,39)/t16-/m1/s1. The lowest BCUT2D eigenvalue weighted by molar-refractivity contribution is -0.125. The Bertz CT molecular complexity index is 1940. The maximum absolute atomic E-state index is 15.4. The number of carbonyl (C=O) groups excluding carboxylic acids is 1. The minimum absolute atomic E-state index is 0.00546. The van der Waals surface area contributed by atoms with Crippen molar-refractivity contribution in [3.05, 3.63) is 101 Å². The number of nitrogens with two attached hydrogens (primary N) is 1. The van der Waals surface area contributed by atoms with Gasteiger partial charge in [-0.25, -0.2) is 32.2 Å². The third-order valence-corrected chi connectivity index (χ3v) is 7.14. The molecule has 6 rings (SSSR count). The summed E-state index contributed by atoms with van der Waals surface area (Å²) >= 11 is 0. The summed E-state index contributed by atoms with van der Waals surface area (Å²) in [4.78, 5) is 22.6. The third-order valence-electron chi connectivity index (χ3n) is 7.14. The molecule has 2 N–H and O–H groups in total. The van der Waals surface area contributed by atoms with E-state index in [1.54, 1.807) is 23.1 Å². The van der Waals surface area contributed by atoms with E-state index in [1.165, 1.54) is 35.3 Å². The van der Waals surface area contributed by atoms with Crippen molar-refractivity contribution in [2.24, 2.45) is 0 Å². The number of hydrogen-bond donors (Lipinski definition) is 1. The van der Waals surface area contributed by atoms with E-state index in [0.717, 1.165) is 12.1 Å². The lowest BCUT2D eigenvalue weighted by Crippen LogP contribution is -2.27. The van der Waals surface area contributed by atoms with E-state index in [9.17, 15) is 26.7 Å². The molecule has 14 heteroatoms. The smallest absolute Gasteiger partial charge is 0.246 e. The Labute approximate surface area is 245 Å². The highest BCUT2D eigenvalue weighted by Crippen LogP contribution is 2.37. The summed E-state index contributed by atoms with van der Waals surface area (Å²) in [7, 11) is 0. The van der Waals surface area contributed by atoms with Gasteiger partial charge in [0.15, 0.2) is 17.3 Å². The molecule has 1 amide bonds. The zero-order chi connectivity index (χ0) is 31.1. The van der Waals surface area contributed by atoms with Crippen molar-refractivity contribution in [2.45, 2.75) is 12.5 Å². The number of ether oxygens (including phenoxy) is 1. The van der Waals surface area contributed by atoms with Gasteiger partial charge in [-0.1, -0.05) is 18.2 Å². The number of nitrogen functional groups attached to an aromatic ring is 1. The first kappa shape index (κ1) is 28.7. The minimum Gasteiger partial charge on any atom is -0.451 e. The molecule has 0 radical (unpaired) electrons. The van der Waals surface area contributed by atoms with Crippen LogP contribution in [0.5, 0.6) is 11.5 Å². The van der Waals surface area contributed by atoms with Crippen molar-refractivity contribution >= 4 is 28.8 Å². The molecule has 0 unspecified atom stereocenters. The molecule has 44 heavy (non-hydrogen) atoms. The van der Waals surface area contributed by atoms with E-state index in [0.29, 0.717) is 13.0 Å². The fraction of sp³-hybridized carbons (Fsp3) is 0.133. The maximum atomic E-state index is 15.4. The molecule has 0 bridgehead atoms. The van der Waals surface area contributed by atoms with Gasteiger partial charge in [0.2, 0.25) is 23.3 Å². The highest BCUT2D eigenvalue weighted by Gasteiger charge is 2.31. The van der Waals surface area contributed by atoms with Gasteiger partial charge in [0, 0.05) is 42.4 Å². The normalized spacial score (nSPS) is 15.0. The number of hydrogen-bond acceptors (Lipinski definition) is 6. The molecular weight excluding hydrogens is 590 g/mol. The highest BCUT2D eigenvalue weighted by atomic mass is 19.2. The predicted octanol–water partition coefficient (Wildman–Crippen LogP) is 6.19. The van der Waals surface area contributed by atoms with Crippen LogP contribution < -0.4 is 10.5 Å². The fourth-order valence-corrected chi connectivity index (χ4v) is 4.97. The van der Waals surface area contributed by atoms with E-state index in [2.05, 4.69) is 15.1 Å². The minimum atomic E-state index is -1.78. The van der Waals surface area contributed by atoms with Gasteiger partial charge in [0.25, 0.3) is 0 Å². The summed E-state index contributed by atoms with van der Waals surface area (Å²) in [6.07, 6.45) is 4.35. The van der Waals surface area contributed by atoms with Gasteiger partial charge >= 0.3 is 0 Å². The van der Waals surface area contributed by atoms with Gasteiger partial charge in [-0.3, -0.25) is 4.79 Å². The van der Waals surface area contributed by atoms with Gasteiger partial charge in [-0.05, 0) is 30.7 Å². The summed E-state index contributed by atoms with van der Waals surface area (Å²) in [5.41, 5.74) is 6.60. The Kier molecular flexibility index (Phi) is 7.41. The lowest BCUT2D eigenvalue weighted by Gasteiger charge is -2.15. The van der Waals surface area contributed by atoms with Crippen LogP contribution in [0.4, 0.5) is 32.2 Å². The Morgan fingerprint density at radius 3 is 2.41 bits per heavy atom. The van der Waals surface area contributed by atoms with Crippen molar-refractivity contribution in [1.29, 1.82) is 0 Å². The monoisotopic (exact) mass is 610 g/mol. The van der Waals surface area contributed by atoms with E-state index in [-0.39, 0.29) is 58.2 Å². The molecular formula is C30H20F6N6O2. The topological polar surface area (TPSA) is 99.2 Å². The molecule has 224 valence electrons. The second-order valence-electron chi connectivity index (χ2n) is 9.87. The average Bonchev–Trinajstić information content (AvgIpc) is 3.64. The summed E-state index contributed by atoms with van der Waals surface area (Å²) in [5, 5.41) is 4.77. The van der Waals surface area contributed by atoms with Crippen LogP contribution in [-0.4, -0.2) is 43.6 Å². The van der Waals surface area contributed by atoms with Crippen molar-refractivity contribution < 1.29 is 35.9 Å². The maximum Gasteiger partial charge on any atom is 0.246 e. The number of anilines is 1. The van der Waals surface area contributed by atoms with Gasteiger partial charge in [-0.2, -0.15) is 13.9 Å². The fourth-order valence-electron chi connectivity index (χ4n) is 4.97. The molecule has 1 aliphatic heterocycles. The number of amides is 1. The molecule has 1 aliphatic rings. The first-order chi connectivity index (χ1) is 21.1. The lowest BCUT2D eigenvalue weighted by atomic mass is 10.1. The van der Waals surface area contributed by atoms with E-state index in [1.807, 2.05) is 0 Å². The highest BCUT2D eigenvalue weighted by molar-refractivity contribution is 5.98. The predicted molar refractivity (Wildman–Crippen MR) is 147 cm³/mol. The number of rotatable bonds is 6. The van der Waals surface area contributed by atoms with Crippen LogP contribution in [0, 0.1) is 34.9 Å². The van der Waals surface area contributed by atoms with Crippen molar-refractivity contribution in [3.63, 3.8) is 0 Å². The Morgan fingerprint density at radius 1 is 0.932 bits per heavy atom. The number of fused-ring (bicyclic) bond motifs is 1. The summed E-state index contributed by atoms with van der Waals surface area (Å²) in [6.45, 7) is 0.577. The number of nitrogens with zero attached hydrogens (tertiary/aromatic N) is 5. The Hall–Kier alpha value is -5.40. The quantitative estimate of drug-likeness (QED) is 0.140. The van der Waals surface area contributed by atoms with Crippen LogP contribution in [0.15, 0.2) is 60.9 Å².